The SMILES string of the molecule is CC(C(=O)NCc1ccccc1Cl)N(C)CC(=O)Nc1c(Cl)cccc1Cl. The standard InChI is InChI=1S/C19H20Cl3N3O2/c1-12(19(27)23-10-13-6-3-4-7-14(13)20)25(2)11-17(26)24-18-15(21)8-5-9-16(18)22/h3-9,12H,10-11H2,1-2H3,(H,23,27)(H,24,26). The molecule has 2 aromatic rings. The number of hydrogen-bond donors (Lipinski definition) is 2. The molecular weight excluding hydrogens is 409 g/mol. The number of hydrogen-bond acceptors (Lipinski definition) is 3. The van der Waals surface area contributed by atoms with E-state index in [1.165, 1.54) is 0 Å². The first-order valence-corrected chi connectivity index (χ1v) is 9.38. The van der Waals surface area contributed by atoms with Gasteiger partial charge in [-0.1, -0.05) is 59.1 Å². The van der Waals surface area contributed by atoms with Crippen LogP contribution in [0.25, 0.3) is 0 Å². The van der Waals surface area contributed by atoms with Gasteiger partial charge in [0, 0.05) is 11.6 Å². The first-order chi connectivity index (χ1) is 12.8. The Morgan fingerprint density at radius 2 is 1.59 bits per heavy atom. The number of carbonyl (C=O) groups excluding carboxylic acids is 2. The lowest BCUT2D eigenvalue weighted by Crippen LogP contribution is -2.45. The molecule has 1 unspecified atom stereocenters. The Kier molecular flexibility index (Phi) is 7.92. The van der Waals surface area contributed by atoms with E-state index in [0.29, 0.717) is 27.3 Å². The van der Waals surface area contributed by atoms with Gasteiger partial charge in [0.05, 0.1) is 28.3 Å². The van der Waals surface area contributed by atoms with Crippen molar-refractivity contribution in [2.75, 3.05) is 18.9 Å². The number of para-hydroxylation sites is 1. The van der Waals surface area contributed by atoms with Crippen LogP contribution in [0, 0.1) is 0 Å². The summed E-state index contributed by atoms with van der Waals surface area (Å²) < 4.78 is 0. The second kappa shape index (κ2) is 9.95. The predicted molar refractivity (Wildman–Crippen MR) is 110 cm³/mol. The van der Waals surface area contributed by atoms with Crippen molar-refractivity contribution in [2.45, 2.75) is 19.5 Å². The van der Waals surface area contributed by atoms with E-state index in [2.05, 4.69) is 10.6 Å². The van der Waals surface area contributed by atoms with Gasteiger partial charge in [0.2, 0.25) is 11.8 Å². The molecule has 0 bridgehead atoms. The van der Waals surface area contributed by atoms with Crippen molar-refractivity contribution < 1.29 is 9.59 Å². The van der Waals surface area contributed by atoms with E-state index >= 15 is 0 Å². The average Bonchev–Trinajstić information content (AvgIpc) is 2.63. The zero-order chi connectivity index (χ0) is 20.0. The summed E-state index contributed by atoms with van der Waals surface area (Å²) in [4.78, 5) is 26.2. The van der Waals surface area contributed by atoms with Crippen molar-refractivity contribution in [3.05, 3.63) is 63.1 Å². The third-order valence-corrected chi connectivity index (χ3v) is 5.07. The normalized spacial score (nSPS) is 11.9. The van der Waals surface area contributed by atoms with E-state index in [4.69, 9.17) is 34.8 Å². The van der Waals surface area contributed by atoms with Crippen LogP contribution >= 0.6 is 34.8 Å². The maximum absolute atomic E-state index is 12.3. The van der Waals surface area contributed by atoms with E-state index in [9.17, 15) is 9.59 Å². The molecule has 27 heavy (non-hydrogen) atoms. The van der Waals surface area contributed by atoms with E-state index in [1.54, 1.807) is 43.1 Å². The number of rotatable bonds is 7. The Bertz CT molecular complexity index is 809. The number of nitrogens with one attached hydrogen (secondary N) is 2. The number of carbonyl (C=O) groups is 2. The van der Waals surface area contributed by atoms with Crippen LogP contribution in [0.15, 0.2) is 42.5 Å². The Hall–Kier alpha value is -1.79. The van der Waals surface area contributed by atoms with E-state index in [0.717, 1.165) is 5.56 Å². The highest BCUT2D eigenvalue weighted by atomic mass is 35.5. The molecule has 0 heterocycles. The third kappa shape index (κ3) is 6.11. The molecule has 0 radical (unpaired) electrons. The molecule has 0 spiro atoms. The zero-order valence-corrected chi connectivity index (χ0v) is 17.2. The minimum atomic E-state index is -0.514. The van der Waals surface area contributed by atoms with Gasteiger partial charge in [-0.2, -0.15) is 0 Å². The maximum atomic E-state index is 12.3. The summed E-state index contributed by atoms with van der Waals surface area (Å²) in [5.74, 6) is -0.528. The molecule has 0 aromatic heterocycles. The molecule has 2 aromatic carbocycles. The van der Waals surface area contributed by atoms with Crippen molar-refractivity contribution in [3.63, 3.8) is 0 Å². The molecule has 0 fully saturated rings. The molecule has 2 N–H and O–H groups in total. The van der Waals surface area contributed by atoms with Crippen LogP contribution in [-0.2, 0) is 16.1 Å². The minimum absolute atomic E-state index is 0.00221. The topological polar surface area (TPSA) is 61.4 Å². The first kappa shape index (κ1) is 21.5. The molecule has 5 nitrogen and oxygen atoms in total. The fourth-order valence-corrected chi connectivity index (χ4v) is 3.03. The number of nitrogens with zero attached hydrogens (tertiary/aromatic N) is 1. The Labute approximate surface area is 173 Å². The van der Waals surface area contributed by atoms with Crippen LogP contribution in [0.4, 0.5) is 5.69 Å². The number of likely N-dealkylation sites (N-methyl/N-ethyl adjacent to an activating group) is 1. The number of halogens is 3. The van der Waals surface area contributed by atoms with E-state index in [-0.39, 0.29) is 18.4 Å². The summed E-state index contributed by atoms with van der Waals surface area (Å²) in [7, 11) is 1.69. The summed E-state index contributed by atoms with van der Waals surface area (Å²) >= 11 is 18.2. The van der Waals surface area contributed by atoms with Crippen LogP contribution in [0.5, 0.6) is 0 Å². The van der Waals surface area contributed by atoms with Gasteiger partial charge in [0.25, 0.3) is 0 Å². The van der Waals surface area contributed by atoms with Gasteiger partial charge in [0.15, 0.2) is 0 Å². The molecule has 0 saturated heterocycles. The predicted octanol–water partition coefficient (Wildman–Crippen LogP) is 4.22. The second-order valence-electron chi connectivity index (χ2n) is 6.05. The van der Waals surface area contributed by atoms with Crippen molar-refractivity contribution in [3.8, 4) is 0 Å². The monoisotopic (exact) mass is 427 g/mol. The highest BCUT2D eigenvalue weighted by Crippen LogP contribution is 2.29. The lowest BCUT2D eigenvalue weighted by Gasteiger charge is -2.23. The maximum Gasteiger partial charge on any atom is 0.238 e. The minimum Gasteiger partial charge on any atom is -0.351 e. The van der Waals surface area contributed by atoms with Crippen LogP contribution < -0.4 is 10.6 Å². The lowest BCUT2D eigenvalue weighted by molar-refractivity contribution is -0.126. The molecule has 2 rings (SSSR count). The fraction of sp³-hybridized carbons (Fsp3) is 0.263. The molecule has 1 atom stereocenters. The summed E-state index contributed by atoms with van der Waals surface area (Å²) in [5.41, 5.74) is 1.18. The molecule has 0 aliphatic heterocycles. The van der Waals surface area contributed by atoms with Crippen LogP contribution in [-0.4, -0.2) is 36.3 Å². The van der Waals surface area contributed by atoms with Crippen LogP contribution in [0.1, 0.15) is 12.5 Å². The molecular formula is C19H20Cl3N3O2. The van der Waals surface area contributed by atoms with Crippen molar-refractivity contribution in [2.24, 2.45) is 0 Å². The van der Waals surface area contributed by atoms with Gasteiger partial charge in [-0.05, 0) is 37.7 Å². The highest BCUT2D eigenvalue weighted by Gasteiger charge is 2.21. The number of anilines is 1. The lowest BCUT2D eigenvalue weighted by atomic mass is 10.2. The smallest absolute Gasteiger partial charge is 0.238 e. The van der Waals surface area contributed by atoms with Gasteiger partial charge in [-0.15, -0.1) is 0 Å². The van der Waals surface area contributed by atoms with Gasteiger partial charge < -0.3 is 10.6 Å². The van der Waals surface area contributed by atoms with Gasteiger partial charge >= 0.3 is 0 Å². The largest absolute Gasteiger partial charge is 0.351 e. The van der Waals surface area contributed by atoms with Gasteiger partial charge in [0.1, 0.15) is 0 Å². The molecule has 0 saturated carbocycles. The Morgan fingerprint density at radius 1 is 1.00 bits per heavy atom. The quantitative estimate of drug-likeness (QED) is 0.694. The van der Waals surface area contributed by atoms with Gasteiger partial charge in [-0.25, -0.2) is 0 Å². The molecule has 0 aliphatic rings. The molecule has 0 aliphatic carbocycles. The Balaban J connectivity index is 1.88. The molecule has 8 heteroatoms. The first-order valence-electron chi connectivity index (χ1n) is 8.24. The van der Waals surface area contributed by atoms with Crippen molar-refractivity contribution in [1.82, 2.24) is 10.2 Å². The van der Waals surface area contributed by atoms with E-state index < -0.39 is 6.04 Å². The summed E-state index contributed by atoms with van der Waals surface area (Å²) in [6.07, 6.45) is 0. The summed E-state index contributed by atoms with van der Waals surface area (Å²) in [6, 6.07) is 11.7. The van der Waals surface area contributed by atoms with Crippen molar-refractivity contribution >= 4 is 52.3 Å². The number of benzene rings is 2. The molecule has 2 amide bonds. The number of amides is 2. The molecule has 144 valence electrons. The van der Waals surface area contributed by atoms with E-state index in [1.807, 2.05) is 18.2 Å². The fourth-order valence-electron chi connectivity index (χ4n) is 2.33. The second-order valence-corrected chi connectivity index (χ2v) is 7.27. The summed E-state index contributed by atoms with van der Waals surface area (Å²) in [6.45, 7) is 2.04. The average molecular weight is 429 g/mol. The third-order valence-electron chi connectivity index (χ3n) is 4.07. The van der Waals surface area contributed by atoms with Crippen LogP contribution in [0.2, 0.25) is 15.1 Å². The highest BCUT2D eigenvalue weighted by molar-refractivity contribution is 6.39. The van der Waals surface area contributed by atoms with Crippen molar-refractivity contribution in [1.29, 1.82) is 0 Å². The summed E-state index contributed by atoms with van der Waals surface area (Å²) in [5, 5.41) is 6.79. The zero-order valence-electron chi connectivity index (χ0n) is 14.9. The Morgan fingerprint density at radius 3 is 2.22 bits per heavy atom. The van der Waals surface area contributed by atoms with Crippen LogP contribution in [0.3, 0.4) is 0 Å². The van der Waals surface area contributed by atoms with Gasteiger partial charge in [-0.3, -0.25) is 14.5 Å².